The molecular weight excluding hydrogens is 144 g/mol. The van der Waals surface area contributed by atoms with Gasteiger partial charge in [0.1, 0.15) is 12.0 Å². The highest BCUT2D eigenvalue weighted by Gasteiger charge is 1.96. The van der Waals surface area contributed by atoms with Crippen LogP contribution in [-0.4, -0.2) is 11.1 Å². The lowest BCUT2D eigenvalue weighted by atomic mass is 10.4. The van der Waals surface area contributed by atoms with Gasteiger partial charge in [0.05, 0.1) is 6.54 Å². The Kier molecular flexibility index (Phi) is 2.43. The fourth-order valence-electron chi connectivity index (χ4n) is 0.579. The van der Waals surface area contributed by atoms with Crippen LogP contribution in [0.3, 0.4) is 0 Å². The Morgan fingerprint density at radius 3 is 3.27 bits per heavy atom. The molecule has 1 aromatic rings. The lowest BCUT2D eigenvalue weighted by molar-refractivity contribution is -0.116. The van der Waals surface area contributed by atoms with Crippen LogP contribution in [0, 0.1) is 0 Å². The van der Waals surface area contributed by atoms with Crippen LogP contribution < -0.4 is 5.32 Å². The number of carbonyl (C=O) groups is 1. The normalized spacial score (nSPS) is 9.09. The smallest absolute Gasteiger partial charge is 0.243 e. The maximum Gasteiger partial charge on any atom is 0.243 e. The number of rotatable bonds is 3. The molecule has 4 heteroatoms. The molecule has 0 aliphatic carbocycles. The standard InChI is InChI=1S/C7H8N2O2/c1-2-7(10)8-5-6-3-4-11-9-6/h2-4H,1,5H2,(H,8,10). The summed E-state index contributed by atoms with van der Waals surface area (Å²) < 4.78 is 4.55. The summed E-state index contributed by atoms with van der Waals surface area (Å²) in [5, 5.41) is 6.15. The Morgan fingerprint density at radius 1 is 1.91 bits per heavy atom. The first kappa shape index (κ1) is 7.53. The van der Waals surface area contributed by atoms with Gasteiger partial charge >= 0.3 is 0 Å². The minimum absolute atomic E-state index is 0.215. The minimum atomic E-state index is -0.215. The van der Waals surface area contributed by atoms with Crippen molar-refractivity contribution in [1.29, 1.82) is 0 Å². The molecule has 0 atom stereocenters. The zero-order valence-corrected chi connectivity index (χ0v) is 5.91. The van der Waals surface area contributed by atoms with E-state index in [1.54, 1.807) is 6.07 Å². The molecule has 1 amide bonds. The first-order valence-electron chi connectivity index (χ1n) is 3.12. The average Bonchev–Trinajstić information content (AvgIpc) is 2.52. The Bertz CT molecular complexity index is 241. The molecule has 0 aromatic carbocycles. The van der Waals surface area contributed by atoms with Gasteiger partial charge in [-0.3, -0.25) is 4.79 Å². The number of carbonyl (C=O) groups excluding carboxylic acids is 1. The number of nitrogens with zero attached hydrogens (tertiary/aromatic N) is 1. The predicted molar refractivity (Wildman–Crippen MR) is 38.5 cm³/mol. The van der Waals surface area contributed by atoms with Crippen molar-refractivity contribution in [3.05, 3.63) is 30.7 Å². The zero-order chi connectivity index (χ0) is 8.10. The van der Waals surface area contributed by atoms with Crippen molar-refractivity contribution in [3.63, 3.8) is 0 Å². The van der Waals surface area contributed by atoms with Crippen molar-refractivity contribution in [2.24, 2.45) is 0 Å². The highest BCUT2D eigenvalue weighted by Crippen LogP contribution is 1.92. The van der Waals surface area contributed by atoms with Crippen LogP contribution in [-0.2, 0) is 11.3 Å². The van der Waals surface area contributed by atoms with E-state index in [2.05, 4.69) is 21.6 Å². The van der Waals surface area contributed by atoms with Crippen molar-refractivity contribution in [1.82, 2.24) is 10.5 Å². The summed E-state index contributed by atoms with van der Waals surface area (Å²) in [5.74, 6) is -0.215. The van der Waals surface area contributed by atoms with Gasteiger partial charge in [0.15, 0.2) is 0 Å². The fraction of sp³-hybridized carbons (Fsp3) is 0.143. The maximum absolute atomic E-state index is 10.6. The number of hydrogen-bond donors (Lipinski definition) is 1. The number of hydrogen-bond acceptors (Lipinski definition) is 3. The molecule has 58 valence electrons. The monoisotopic (exact) mass is 152 g/mol. The first-order valence-corrected chi connectivity index (χ1v) is 3.12. The van der Waals surface area contributed by atoms with Crippen molar-refractivity contribution < 1.29 is 9.32 Å². The van der Waals surface area contributed by atoms with Crippen molar-refractivity contribution in [3.8, 4) is 0 Å². The topological polar surface area (TPSA) is 55.1 Å². The summed E-state index contributed by atoms with van der Waals surface area (Å²) in [6.45, 7) is 3.68. The van der Waals surface area contributed by atoms with Gasteiger partial charge in [0.25, 0.3) is 0 Å². The van der Waals surface area contributed by atoms with Gasteiger partial charge in [-0.15, -0.1) is 0 Å². The number of aromatic nitrogens is 1. The average molecular weight is 152 g/mol. The summed E-state index contributed by atoms with van der Waals surface area (Å²) >= 11 is 0. The van der Waals surface area contributed by atoms with Crippen molar-refractivity contribution >= 4 is 5.91 Å². The predicted octanol–water partition coefficient (Wildman–Crippen LogP) is 0.477. The number of amides is 1. The van der Waals surface area contributed by atoms with Crippen LogP contribution in [0.1, 0.15) is 5.69 Å². The molecule has 11 heavy (non-hydrogen) atoms. The molecule has 0 fully saturated rings. The molecule has 1 heterocycles. The van der Waals surface area contributed by atoms with Gasteiger partial charge in [-0.2, -0.15) is 0 Å². The molecule has 0 saturated carbocycles. The molecule has 0 aliphatic rings. The molecule has 0 saturated heterocycles. The van der Waals surface area contributed by atoms with Gasteiger partial charge in [0, 0.05) is 6.07 Å². The number of nitrogens with one attached hydrogen (secondary N) is 1. The van der Waals surface area contributed by atoms with E-state index in [1.807, 2.05) is 0 Å². The van der Waals surface area contributed by atoms with E-state index >= 15 is 0 Å². The molecule has 1 aromatic heterocycles. The fourth-order valence-corrected chi connectivity index (χ4v) is 0.579. The van der Waals surface area contributed by atoms with Crippen LogP contribution in [0.25, 0.3) is 0 Å². The lowest BCUT2D eigenvalue weighted by Crippen LogP contribution is -2.19. The molecule has 0 aliphatic heterocycles. The maximum atomic E-state index is 10.6. The van der Waals surface area contributed by atoms with Crippen LogP contribution in [0.5, 0.6) is 0 Å². The molecule has 0 spiro atoms. The second kappa shape index (κ2) is 3.55. The second-order valence-corrected chi connectivity index (χ2v) is 1.91. The van der Waals surface area contributed by atoms with Gasteiger partial charge in [-0.25, -0.2) is 0 Å². The van der Waals surface area contributed by atoms with Crippen LogP contribution in [0.2, 0.25) is 0 Å². The van der Waals surface area contributed by atoms with Crippen LogP contribution in [0.15, 0.2) is 29.5 Å². The Hall–Kier alpha value is -1.58. The zero-order valence-electron chi connectivity index (χ0n) is 5.91. The van der Waals surface area contributed by atoms with Gasteiger partial charge in [-0.05, 0) is 6.08 Å². The third kappa shape index (κ3) is 2.25. The Labute approximate surface area is 63.9 Å². The SMILES string of the molecule is C=CC(=O)NCc1ccon1. The van der Waals surface area contributed by atoms with E-state index in [1.165, 1.54) is 12.3 Å². The molecule has 0 radical (unpaired) electrons. The molecule has 0 bridgehead atoms. The quantitative estimate of drug-likeness (QED) is 0.641. The lowest BCUT2D eigenvalue weighted by Gasteiger charge is -1.95. The second-order valence-electron chi connectivity index (χ2n) is 1.91. The minimum Gasteiger partial charge on any atom is -0.364 e. The summed E-state index contributed by atoms with van der Waals surface area (Å²) in [6.07, 6.45) is 2.66. The van der Waals surface area contributed by atoms with Crippen LogP contribution in [0.4, 0.5) is 0 Å². The van der Waals surface area contributed by atoms with Crippen LogP contribution >= 0.6 is 0 Å². The van der Waals surface area contributed by atoms with Crippen molar-refractivity contribution in [2.45, 2.75) is 6.54 Å². The highest BCUT2D eigenvalue weighted by molar-refractivity contribution is 5.86. The Balaban J connectivity index is 2.34. The van der Waals surface area contributed by atoms with Gasteiger partial charge in [0.2, 0.25) is 5.91 Å². The van der Waals surface area contributed by atoms with E-state index in [0.717, 1.165) is 0 Å². The van der Waals surface area contributed by atoms with E-state index in [0.29, 0.717) is 12.2 Å². The third-order valence-corrected chi connectivity index (χ3v) is 1.12. The van der Waals surface area contributed by atoms with E-state index in [4.69, 9.17) is 0 Å². The third-order valence-electron chi connectivity index (χ3n) is 1.12. The molecule has 1 N–H and O–H groups in total. The summed E-state index contributed by atoms with van der Waals surface area (Å²) in [6, 6.07) is 1.68. The van der Waals surface area contributed by atoms with E-state index in [-0.39, 0.29) is 5.91 Å². The van der Waals surface area contributed by atoms with Crippen molar-refractivity contribution in [2.75, 3.05) is 0 Å². The summed E-state index contributed by atoms with van der Waals surface area (Å²) in [4.78, 5) is 10.6. The summed E-state index contributed by atoms with van der Waals surface area (Å²) in [5.41, 5.74) is 0.695. The van der Waals surface area contributed by atoms with E-state index < -0.39 is 0 Å². The molecule has 0 unspecified atom stereocenters. The van der Waals surface area contributed by atoms with Gasteiger partial charge in [-0.1, -0.05) is 11.7 Å². The first-order chi connectivity index (χ1) is 5.33. The summed E-state index contributed by atoms with van der Waals surface area (Å²) in [7, 11) is 0. The Morgan fingerprint density at radius 2 is 2.73 bits per heavy atom. The largest absolute Gasteiger partial charge is 0.364 e. The molecule has 4 nitrogen and oxygen atoms in total. The van der Waals surface area contributed by atoms with Gasteiger partial charge < -0.3 is 9.84 Å². The molecule has 1 rings (SSSR count). The highest BCUT2D eigenvalue weighted by atomic mass is 16.5. The van der Waals surface area contributed by atoms with E-state index in [9.17, 15) is 4.79 Å². The molecular formula is C7H8N2O2.